The third-order valence-electron chi connectivity index (χ3n) is 5.73. The molecule has 1 saturated carbocycles. The van der Waals surface area contributed by atoms with Crippen LogP contribution in [0.15, 0.2) is 53.5 Å². The van der Waals surface area contributed by atoms with Gasteiger partial charge >= 0.3 is 0 Å². The lowest BCUT2D eigenvalue weighted by molar-refractivity contribution is -0.134. The molecule has 2 amide bonds. The van der Waals surface area contributed by atoms with Crippen LogP contribution in [0.5, 0.6) is 0 Å². The molecule has 0 saturated heterocycles. The fraction of sp³-hybridized carbons (Fsp3) is 0.348. The molecule has 1 heterocycles. The number of hydrogen-bond acceptors (Lipinski definition) is 3. The molecule has 0 bridgehead atoms. The Balaban J connectivity index is 1.57. The molecule has 0 atom stereocenters. The summed E-state index contributed by atoms with van der Waals surface area (Å²) in [6.45, 7) is 1.89. The van der Waals surface area contributed by atoms with Gasteiger partial charge in [-0.3, -0.25) is 14.6 Å². The van der Waals surface area contributed by atoms with Crippen molar-refractivity contribution < 1.29 is 9.59 Å². The van der Waals surface area contributed by atoms with Crippen LogP contribution in [0.1, 0.15) is 43.2 Å². The molecule has 4 rings (SSSR count). The minimum absolute atomic E-state index is 0.0236. The number of nitrogens with one attached hydrogen (secondary N) is 1. The van der Waals surface area contributed by atoms with Crippen LogP contribution in [0, 0.1) is 6.92 Å². The highest BCUT2D eigenvalue weighted by molar-refractivity contribution is 6.47. The molecule has 1 N–H and O–H groups in total. The number of amides is 2. The zero-order chi connectivity index (χ0) is 20.4. The highest BCUT2D eigenvalue weighted by Crippen LogP contribution is 2.39. The highest BCUT2D eigenvalue weighted by atomic mass is 35.5. The van der Waals surface area contributed by atoms with Crippen molar-refractivity contribution in [1.82, 2.24) is 4.90 Å². The number of carbonyl (C=O) groups excluding carboxylic acids is 2. The van der Waals surface area contributed by atoms with E-state index in [4.69, 9.17) is 16.6 Å². The summed E-state index contributed by atoms with van der Waals surface area (Å²) in [6.07, 6.45) is 4.72. The number of hydrogen-bond donors (Lipinski definition) is 1. The van der Waals surface area contributed by atoms with Crippen LogP contribution in [-0.2, 0) is 9.59 Å². The summed E-state index contributed by atoms with van der Waals surface area (Å²) in [4.78, 5) is 32.6. The monoisotopic (exact) mass is 409 g/mol. The molecule has 5 nitrogen and oxygen atoms in total. The average Bonchev–Trinajstić information content (AvgIpc) is 2.98. The van der Waals surface area contributed by atoms with E-state index < -0.39 is 5.66 Å². The molecule has 1 spiro atoms. The number of anilines is 1. The fourth-order valence-electron chi connectivity index (χ4n) is 4.15. The lowest BCUT2D eigenvalue weighted by Gasteiger charge is -2.38. The van der Waals surface area contributed by atoms with Crippen molar-refractivity contribution in [3.8, 4) is 0 Å². The van der Waals surface area contributed by atoms with Crippen LogP contribution in [0.4, 0.5) is 5.69 Å². The van der Waals surface area contributed by atoms with E-state index in [2.05, 4.69) is 5.32 Å². The Labute approximate surface area is 175 Å². The van der Waals surface area contributed by atoms with Crippen LogP contribution < -0.4 is 5.32 Å². The second kappa shape index (κ2) is 7.99. The zero-order valence-electron chi connectivity index (χ0n) is 16.5. The molecule has 2 aliphatic rings. The first-order valence-electron chi connectivity index (χ1n) is 10.0. The van der Waals surface area contributed by atoms with Crippen molar-refractivity contribution in [2.75, 3.05) is 11.9 Å². The average molecular weight is 410 g/mol. The number of nitrogens with zero attached hydrogens (tertiary/aromatic N) is 2. The van der Waals surface area contributed by atoms with Crippen LogP contribution in [0.3, 0.4) is 0 Å². The smallest absolute Gasteiger partial charge is 0.275 e. The summed E-state index contributed by atoms with van der Waals surface area (Å²) in [5, 5.41) is 3.46. The summed E-state index contributed by atoms with van der Waals surface area (Å²) < 4.78 is 0. The SMILES string of the molecule is Cc1ccc(NC(=O)CN2C(=O)C(c3ccccc3)=NC23CCCCC3)cc1Cl. The summed E-state index contributed by atoms with van der Waals surface area (Å²) in [6, 6.07) is 14.9. The van der Waals surface area contributed by atoms with Crippen molar-refractivity contribution in [1.29, 1.82) is 0 Å². The third-order valence-corrected chi connectivity index (χ3v) is 6.14. The molecule has 0 radical (unpaired) electrons. The molecule has 29 heavy (non-hydrogen) atoms. The van der Waals surface area contributed by atoms with Gasteiger partial charge in [0, 0.05) is 16.3 Å². The van der Waals surface area contributed by atoms with Crippen molar-refractivity contribution in [2.45, 2.75) is 44.7 Å². The van der Waals surface area contributed by atoms with Gasteiger partial charge in [0.25, 0.3) is 5.91 Å². The van der Waals surface area contributed by atoms with Crippen molar-refractivity contribution in [2.24, 2.45) is 4.99 Å². The van der Waals surface area contributed by atoms with Crippen LogP contribution in [0.2, 0.25) is 5.02 Å². The molecular weight excluding hydrogens is 386 g/mol. The maximum Gasteiger partial charge on any atom is 0.275 e. The Bertz CT molecular complexity index is 965. The highest BCUT2D eigenvalue weighted by Gasteiger charge is 2.48. The number of aryl methyl sites for hydroxylation is 1. The summed E-state index contributed by atoms with van der Waals surface area (Å²) in [5.41, 5.74) is 2.22. The largest absolute Gasteiger partial charge is 0.324 e. The van der Waals surface area contributed by atoms with E-state index in [9.17, 15) is 9.59 Å². The quantitative estimate of drug-likeness (QED) is 0.803. The van der Waals surface area contributed by atoms with E-state index in [1.54, 1.807) is 11.0 Å². The predicted octanol–water partition coefficient (Wildman–Crippen LogP) is 4.58. The number of aliphatic imine (C=N–C) groups is 1. The molecular formula is C23H24ClN3O2. The van der Waals surface area contributed by atoms with Crippen LogP contribution >= 0.6 is 11.6 Å². The van der Waals surface area contributed by atoms with E-state index in [-0.39, 0.29) is 18.4 Å². The first kappa shape index (κ1) is 19.6. The summed E-state index contributed by atoms with van der Waals surface area (Å²) >= 11 is 6.16. The Morgan fingerprint density at radius 2 is 1.86 bits per heavy atom. The normalized spacial score (nSPS) is 18.1. The van der Waals surface area contributed by atoms with Gasteiger partial charge in [-0.05, 0) is 50.3 Å². The predicted molar refractivity (Wildman–Crippen MR) is 115 cm³/mol. The Kier molecular flexibility index (Phi) is 5.41. The molecule has 150 valence electrons. The first-order valence-corrected chi connectivity index (χ1v) is 10.4. The van der Waals surface area contributed by atoms with E-state index in [1.165, 1.54) is 0 Å². The van der Waals surface area contributed by atoms with Gasteiger partial charge in [0.1, 0.15) is 17.9 Å². The Morgan fingerprint density at radius 3 is 2.55 bits per heavy atom. The molecule has 1 aliphatic carbocycles. The molecule has 0 unspecified atom stereocenters. The minimum atomic E-state index is -0.608. The van der Waals surface area contributed by atoms with E-state index in [0.717, 1.165) is 43.2 Å². The van der Waals surface area contributed by atoms with Gasteiger partial charge in [-0.2, -0.15) is 0 Å². The summed E-state index contributed by atoms with van der Waals surface area (Å²) in [5.74, 6) is -0.414. The molecule has 6 heteroatoms. The fourth-order valence-corrected chi connectivity index (χ4v) is 4.33. The first-order chi connectivity index (χ1) is 14.0. The van der Waals surface area contributed by atoms with Crippen LogP contribution in [0.25, 0.3) is 0 Å². The lowest BCUT2D eigenvalue weighted by atomic mass is 9.88. The van der Waals surface area contributed by atoms with Gasteiger partial charge < -0.3 is 10.2 Å². The van der Waals surface area contributed by atoms with E-state index >= 15 is 0 Å². The summed E-state index contributed by atoms with van der Waals surface area (Å²) in [7, 11) is 0. The van der Waals surface area contributed by atoms with Gasteiger partial charge in [-0.25, -0.2) is 0 Å². The van der Waals surface area contributed by atoms with Crippen LogP contribution in [-0.4, -0.2) is 34.6 Å². The molecule has 1 fully saturated rings. The van der Waals surface area contributed by atoms with Crippen molar-refractivity contribution in [3.05, 3.63) is 64.7 Å². The molecule has 2 aromatic rings. The number of halogens is 1. The maximum atomic E-state index is 13.3. The number of carbonyl (C=O) groups is 2. The number of benzene rings is 2. The Morgan fingerprint density at radius 1 is 1.14 bits per heavy atom. The van der Waals surface area contributed by atoms with Crippen molar-refractivity contribution in [3.63, 3.8) is 0 Å². The maximum absolute atomic E-state index is 13.3. The van der Waals surface area contributed by atoms with Gasteiger partial charge in [0.05, 0.1) is 0 Å². The molecule has 1 aliphatic heterocycles. The molecule has 0 aromatic heterocycles. The van der Waals surface area contributed by atoms with Gasteiger partial charge in [-0.1, -0.05) is 54.4 Å². The lowest BCUT2D eigenvalue weighted by Crippen LogP contribution is -2.51. The van der Waals surface area contributed by atoms with Crippen molar-refractivity contribution >= 4 is 34.8 Å². The van der Waals surface area contributed by atoms with Gasteiger partial charge in [0.2, 0.25) is 5.91 Å². The zero-order valence-corrected chi connectivity index (χ0v) is 17.2. The van der Waals surface area contributed by atoms with Gasteiger partial charge in [0.15, 0.2) is 0 Å². The standard InChI is InChI=1S/C23H24ClN3O2/c1-16-10-11-18(14-19(16)24)25-20(28)15-27-22(29)21(17-8-4-2-5-9-17)26-23(27)12-6-3-7-13-23/h2,4-5,8-11,14H,3,6-7,12-13,15H2,1H3,(H,25,28). The van der Waals surface area contributed by atoms with E-state index in [0.29, 0.717) is 16.4 Å². The topological polar surface area (TPSA) is 61.8 Å². The third kappa shape index (κ3) is 3.92. The minimum Gasteiger partial charge on any atom is -0.324 e. The molecule has 2 aromatic carbocycles. The second-order valence-electron chi connectivity index (χ2n) is 7.77. The Hall–Kier alpha value is -2.66. The second-order valence-corrected chi connectivity index (χ2v) is 8.18. The van der Waals surface area contributed by atoms with E-state index in [1.807, 2.05) is 49.4 Å². The number of rotatable bonds is 4. The van der Waals surface area contributed by atoms with Gasteiger partial charge in [-0.15, -0.1) is 0 Å².